The quantitative estimate of drug-likeness (QED) is 0.0261. The molecule has 0 amide bonds. The van der Waals surface area contributed by atoms with Crippen molar-refractivity contribution in [1.29, 1.82) is 0 Å². The molecule has 1 atom stereocenters. The van der Waals surface area contributed by atoms with Crippen molar-refractivity contribution in [1.82, 2.24) is 0 Å². The normalized spacial score (nSPS) is 13.5. The van der Waals surface area contributed by atoms with Crippen LogP contribution in [0, 0.1) is 0 Å². The summed E-state index contributed by atoms with van der Waals surface area (Å²) in [5, 5.41) is 0. The number of unbranched alkanes of at least 4 members (excludes halogenated alkanes) is 11. The van der Waals surface area contributed by atoms with Crippen LogP contribution in [0.15, 0.2) is 207 Å². The van der Waals surface area contributed by atoms with Gasteiger partial charge in [0, 0.05) is 19.3 Å². The van der Waals surface area contributed by atoms with Crippen molar-refractivity contribution in [2.24, 2.45) is 0 Å². The molecular formula is C77H116O6. The molecule has 6 nitrogen and oxygen atoms in total. The fourth-order valence-electron chi connectivity index (χ4n) is 8.04. The molecule has 0 aromatic heterocycles. The third-order valence-electron chi connectivity index (χ3n) is 12.8. The molecular weight excluding hydrogens is 1020 g/mol. The number of allylic oxidation sites excluding steroid dienone is 34. The molecule has 0 rings (SSSR count). The van der Waals surface area contributed by atoms with Gasteiger partial charge < -0.3 is 14.2 Å². The van der Waals surface area contributed by atoms with Gasteiger partial charge in [-0.1, -0.05) is 279 Å². The molecule has 0 radical (unpaired) electrons. The van der Waals surface area contributed by atoms with E-state index in [0.717, 1.165) is 141 Å². The molecule has 6 heteroatoms. The predicted molar refractivity (Wildman–Crippen MR) is 361 cm³/mol. The average molecular weight is 1140 g/mol. The van der Waals surface area contributed by atoms with Crippen molar-refractivity contribution in [2.45, 2.75) is 245 Å². The highest BCUT2D eigenvalue weighted by Gasteiger charge is 2.19. The Bertz CT molecular complexity index is 2030. The summed E-state index contributed by atoms with van der Waals surface area (Å²) >= 11 is 0. The zero-order valence-corrected chi connectivity index (χ0v) is 52.6. The molecule has 0 aliphatic carbocycles. The van der Waals surface area contributed by atoms with E-state index in [1.165, 1.54) is 44.9 Å². The molecule has 0 saturated carbocycles. The molecule has 0 aliphatic rings. The number of rotatable bonds is 56. The summed E-state index contributed by atoms with van der Waals surface area (Å²) in [7, 11) is 0. The Balaban J connectivity index is 4.36. The molecule has 83 heavy (non-hydrogen) atoms. The SMILES string of the molecule is CC/C=C\C/C=C\C/C=C\C/C=C\C/C=C\C/C=C\C/C=C\C/C=C\CCCCCCCCCCCCC(=O)OCC(COC(=O)CC/C=C\C/C=C\C/C=C\C/C=C\CC)OC(=O)CCC/C=C\C/C=C\C/C=C\C/C=C\C/C=C\CC. The summed E-state index contributed by atoms with van der Waals surface area (Å²) in [5.74, 6) is -1.10. The molecule has 0 N–H and O–H groups in total. The molecule has 0 saturated heterocycles. The molecule has 1 unspecified atom stereocenters. The Morgan fingerprint density at radius 1 is 0.241 bits per heavy atom. The molecule has 0 aromatic carbocycles. The van der Waals surface area contributed by atoms with Gasteiger partial charge in [0.25, 0.3) is 0 Å². The molecule has 0 aliphatic heterocycles. The van der Waals surface area contributed by atoms with E-state index < -0.39 is 12.1 Å². The first kappa shape index (κ1) is 77.0. The highest BCUT2D eigenvalue weighted by Crippen LogP contribution is 2.14. The van der Waals surface area contributed by atoms with Gasteiger partial charge in [-0.3, -0.25) is 14.4 Å². The maximum absolute atomic E-state index is 12.9. The van der Waals surface area contributed by atoms with Crippen molar-refractivity contribution in [3.63, 3.8) is 0 Å². The van der Waals surface area contributed by atoms with Crippen molar-refractivity contribution >= 4 is 17.9 Å². The van der Waals surface area contributed by atoms with Gasteiger partial charge in [-0.2, -0.15) is 0 Å². The second-order valence-corrected chi connectivity index (χ2v) is 20.5. The lowest BCUT2D eigenvalue weighted by Gasteiger charge is -2.18. The first-order chi connectivity index (χ1) is 41.0. The molecule has 0 aromatic rings. The van der Waals surface area contributed by atoms with Crippen LogP contribution in [0.2, 0.25) is 0 Å². The van der Waals surface area contributed by atoms with E-state index in [1.807, 2.05) is 12.2 Å². The first-order valence-electron chi connectivity index (χ1n) is 32.6. The van der Waals surface area contributed by atoms with Gasteiger partial charge in [-0.25, -0.2) is 0 Å². The lowest BCUT2D eigenvalue weighted by molar-refractivity contribution is -0.166. The van der Waals surface area contributed by atoms with Crippen LogP contribution in [0.4, 0.5) is 0 Å². The maximum Gasteiger partial charge on any atom is 0.306 e. The number of esters is 3. The fraction of sp³-hybridized carbons (Fsp3) is 0.519. The van der Waals surface area contributed by atoms with Crippen LogP contribution >= 0.6 is 0 Å². The van der Waals surface area contributed by atoms with E-state index in [-0.39, 0.29) is 38.0 Å². The van der Waals surface area contributed by atoms with Gasteiger partial charge in [0.15, 0.2) is 6.10 Å². The fourth-order valence-corrected chi connectivity index (χ4v) is 8.04. The smallest absolute Gasteiger partial charge is 0.306 e. The highest BCUT2D eigenvalue weighted by atomic mass is 16.6. The van der Waals surface area contributed by atoms with Crippen LogP contribution < -0.4 is 0 Å². The first-order valence-corrected chi connectivity index (χ1v) is 32.6. The summed E-state index contributed by atoms with van der Waals surface area (Å²) < 4.78 is 16.8. The largest absolute Gasteiger partial charge is 0.462 e. The zero-order valence-electron chi connectivity index (χ0n) is 52.6. The summed E-state index contributed by atoms with van der Waals surface area (Å²) in [6, 6.07) is 0. The Morgan fingerprint density at radius 3 is 0.783 bits per heavy atom. The zero-order chi connectivity index (χ0) is 59.9. The van der Waals surface area contributed by atoms with Crippen LogP contribution in [0.25, 0.3) is 0 Å². The highest BCUT2D eigenvalue weighted by molar-refractivity contribution is 5.71. The molecule has 0 fully saturated rings. The van der Waals surface area contributed by atoms with E-state index >= 15 is 0 Å². The number of ether oxygens (including phenoxy) is 3. The lowest BCUT2D eigenvalue weighted by Crippen LogP contribution is -2.30. The minimum Gasteiger partial charge on any atom is -0.462 e. The maximum atomic E-state index is 12.9. The van der Waals surface area contributed by atoms with Crippen LogP contribution in [-0.4, -0.2) is 37.2 Å². The van der Waals surface area contributed by atoms with Gasteiger partial charge in [-0.05, 0) is 148 Å². The third-order valence-corrected chi connectivity index (χ3v) is 12.8. The van der Waals surface area contributed by atoms with Crippen molar-refractivity contribution in [3.05, 3.63) is 207 Å². The van der Waals surface area contributed by atoms with Crippen LogP contribution in [0.1, 0.15) is 239 Å². The molecule has 460 valence electrons. The topological polar surface area (TPSA) is 78.9 Å². The molecule has 0 bridgehead atoms. The van der Waals surface area contributed by atoms with E-state index in [0.29, 0.717) is 19.3 Å². The molecule has 0 heterocycles. The van der Waals surface area contributed by atoms with Gasteiger partial charge in [0.05, 0.1) is 0 Å². The van der Waals surface area contributed by atoms with Gasteiger partial charge >= 0.3 is 17.9 Å². The van der Waals surface area contributed by atoms with Crippen LogP contribution in [-0.2, 0) is 28.6 Å². The summed E-state index contributed by atoms with van der Waals surface area (Å²) in [4.78, 5) is 38.2. The summed E-state index contributed by atoms with van der Waals surface area (Å²) in [6.07, 6.45) is 106. The minimum absolute atomic E-state index is 0.135. The minimum atomic E-state index is -0.851. The Kier molecular flexibility index (Phi) is 63.5. The van der Waals surface area contributed by atoms with E-state index in [2.05, 4.69) is 215 Å². The monoisotopic (exact) mass is 1140 g/mol. The van der Waals surface area contributed by atoms with Crippen LogP contribution in [0.5, 0.6) is 0 Å². The van der Waals surface area contributed by atoms with Crippen molar-refractivity contribution in [2.75, 3.05) is 13.2 Å². The van der Waals surface area contributed by atoms with E-state index in [9.17, 15) is 14.4 Å². The number of carbonyl (C=O) groups excluding carboxylic acids is 3. The van der Waals surface area contributed by atoms with Crippen LogP contribution in [0.3, 0.4) is 0 Å². The lowest BCUT2D eigenvalue weighted by atomic mass is 10.1. The average Bonchev–Trinajstić information content (AvgIpc) is 3.49. The Hall–Kier alpha value is -6.01. The standard InChI is InChI=1S/C77H116O6/c1-4-7-10-13-16-19-22-25-27-29-30-31-32-33-34-35-36-37-38-39-40-41-42-43-44-45-46-48-49-52-55-58-61-64-67-70-76(79)82-73-74(72-81-75(78)69-66-63-60-57-54-51-24-21-18-15-12-9-6-3)83-77(80)71-68-65-62-59-56-53-50-47-28-26-23-20-17-14-11-8-5-2/h7-12,16-21,25-28,30-31,33-34,36-37,39-40,42-43,50-51,53-54,59-60,62-63,74H,4-6,13-15,22-24,29,32,35,38,41,44-49,52,55-58,61,64-73H2,1-3H3/b10-7-,11-8-,12-9-,19-16-,20-17-,21-18-,27-25-,28-26-,31-30-,34-33-,37-36-,40-39-,43-42-,53-50-,54-51-,62-59-,63-60-. The number of carbonyl (C=O) groups is 3. The predicted octanol–water partition coefficient (Wildman–Crippen LogP) is 22.8. The van der Waals surface area contributed by atoms with Crippen molar-refractivity contribution in [3.8, 4) is 0 Å². The third kappa shape index (κ3) is 66.7. The van der Waals surface area contributed by atoms with Crippen molar-refractivity contribution < 1.29 is 28.6 Å². The van der Waals surface area contributed by atoms with Gasteiger partial charge in [-0.15, -0.1) is 0 Å². The number of hydrogen-bond acceptors (Lipinski definition) is 6. The van der Waals surface area contributed by atoms with E-state index in [1.54, 1.807) is 0 Å². The molecule has 0 spiro atoms. The Morgan fingerprint density at radius 2 is 0.470 bits per heavy atom. The Labute approximate surface area is 509 Å². The van der Waals surface area contributed by atoms with Gasteiger partial charge in [0.2, 0.25) is 0 Å². The van der Waals surface area contributed by atoms with E-state index in [4.69, 9.17) is 14.2 Å². The number of hydrogen-bond donors (Lipinski definition) is 0. The second kappa shape index (κ2) is 68.5. The summed E-state index contributed by atoms with van der Waals surface area (Å²) in [6.45, 7) is 6.16. The second-order valence-electron chi connectivity index (χ2n) is 20.5. The summed E-state index contributed by atoms with van der Waals surface area (Å²) in [5.41, 5.74) is 0. The van der Waals surface area contributed by atoms with Gasteiger partial charge in [0.1, 0.15) is 13.2 Å².